The molecule has 3 aliphatic heterocycles. The summed E-state index contributed by atoms with van der Waals surface area (Å²) in [6.45, 7) is 0.264. The van der Waals surface area contributed by atoms with Crippen molar-refractivity contribution in [3.8, 4) is 5.75 Å². The lowest BCUT2D eigenvalue weighted by Crippen LogP contribution is -2.48. The number of carbonyl (C=O) groups excluding carboxylic acids is 1. The van der Waals surface area contributed by atoms with E-state index in [1.54, 1.807) is 31.3 Å². The highest BCUT2D eigenvalue weighted by Crippen LogP contribution is 2.48. The van der Waals surface area contributed by atoms with Gasteiger partial charge in [0.05, 0.1) is 12.7 Å². The van der Waals surface area contributed by atoms with E-state index in [4.69, 9.17) is 14.6 Å². The Hall–Kier alpha value is -2.49. The summed E-state index contributed by atoms with van der Waals surface area (Å²) in [4.78, 5) is 14.8. The number of fused-ring (bicyclic) bond motifs is 5. The molecule has 0 aliphatic carbocycles. The number of likely N-dealkylation sites (N-methyl/N-ethyl adjacent to an activating group) is 2. The van der Waals surface area contributed by atoms with E-state index in [0.717, 1.165) is 24.0 Å². The van der Waals surface area contributed by atoms with E-state index in [2.05, 4.69) is 17.3 Å². The SMILES string of the molecule is CN1[C@@H]2C[C@@H](OC(=O)[C@H](CO)c3ccccc3)C[C@H]1[C@@H]1O[C@@H]12.CNC[C@H](O)c1cccc(O)c1. The fourth-order valence-corrected chi connectivity index (χ4v) is 5.09. The molecule has 0 saturated carbocycles. The molecule has 8 nitrogen and oxygen atoms in total. The second-order valence-corrected chi connectivity index (χ2v) is 9.21. The summed E-state index contributed by atoms with van der Waals surface area (Å²) in [7, 11) is 3.90. The van der Waals surface area contributed by atoms with E-state index in [9.17, 15) is 15.0 Å². The van der Waals surface area contributed by atoms with Crippen LogP contribution in [0.5, 0.6) is 5.75 Å². The van der Waals surface area contributed by atoms with Gasteiger partial charge < -0.3 is 30.1 Å². The summed E-state index contributed by atoms with van der Waals surface area (Å²) in [5.74, 6) is -0.732. The number of carbonyl (C=O) groups is 1. The molecule has 7 atom stereocenters. The van der Waals surface area contributed by atoms with Crippen LogP contribution in [0.2, 0.25) is 0 Å². The van der Waals surface area contributed by atoms with Gasteiger partial charge in [0, 0.05) is 31.5 Å². The van der Waals surface area contributed by atoms with Gasteiger partial charge in [0.1, 0.15) is 30.0 Å². The van der Waals surface area contributed by atoms with Crippen LogP contribution in [0.1, 0.15) is 36.0 Å². The molecule has 0 unspecified atom stereocenters. The number of rotatable bonds is 7. The number of nitrogens with one attached hydrogen (secondary N) is 1. The fraction of sp³-hybridized carbons (Fsp3) is 0.500. The van der Waals surface area contributed by atoms with Crippen molar-refractivity contribution in [2.24, 2.45) is 0 Å². The van der Waals surface area contributed by atoms with Crippen molar-refractivity contribution in [3.05, 3.63) is 65.7 Å². The third kappa shape index (κ3) is 5.42. The van der Waals surface area contributed by atoms with Gasteiger partial charge in [-0.1, -0.05) is 42.5 Å². The van der Waals surface area contributed by atoms with Crippen LogP contribution in [-0.4, -0.2) is 83.8 Å². The Bertz CT molecular complexity index is 939. The van der Waals surface area contributed by atoms with Gasteiger partial charge in [-0.3, -0.25) is 9.69 Å². The van der Waals surface area contributed by atoms with Gasteiger partial charge in [-0.25, -0.2) is 0 Å². The van der Waals surface area contributed by atoms with E-state index in [0.29, 0.717) is 30.8 Å². The van der Waals surface area contributed by atoms with Crippen LogP contribution in [0.25, 0.3) is 0 Å². The smallest absolute Gasteiger partial charge is 0.316 e. The molecule has 4 N–H and O–H groups in total. The van der Waals surface area contributed by atoms with E-state index in [-0.39, 0.29) is 24.4 Å². The van der Waals surface area contributed by atoms with Gasteiger partial charge >= 0.3 is 5.97 Å². The van der Waals surface area contributed by atoms with Crippen LogP contribution >= 0.6 is 0 Å². The molecule has 2 aromatic carbocycles. The van der Waals surface area contributed by atoms with Crippen LogP contribution in [-0.2, 0) is 14.3 Å². The van der Waals surface area contributed by atoms with E-state index in [1.165, 1.54) is 0 Å². The first-order chi connectivity index (χ1) is 16.4. The standard InChI is InChI=1S/C17H21NO4.C9H13NO2/c1-18-13-7-11(8-14(18)16-15(13)22-16)21-17(20)12(9-19)10-5-3-2-4-6-10;1-10-6-9(12)7-3-2-4-8(11)5-7/h2-6,11-16,19H,7-9H2,1H3;2-5,9-12H,6H2,1H3/t11-,12-,13-,14+,15-,16+;9-/m10/s1. The van der Waals surface area contributed by atoms with Crippen molar-refractivity contribution in [2.75, 3.05) is 27.2 Å². The second-order valence-electron chi connectivity index (χ2n) is 9.21. The second kappa shape index (κ2) is 10.8. The zero-order valence-corrected chi connectivity index (χ0v) is 19.6. The monoisotopic (exact) mass is 470 g/mol. The molecule has 3 aliphatic rings. The molecule has 0 radical (unpaired) electrons. The molecule has 2 aromatic rings. The Kier molecular flexibility index (Phi) is 7.85. The van der Waals surface area contributed by atoms with Crippen LogP contribution in [0, 0.1) is 0 Å². The van der Waals surface area contributed by atoms with Gasteiger partial charge in [0.25, 0.3) is 0 Å². The number of piperidine rings is 1. The van der Waals surface area contributed by atoms with Crippen molar-refractivity contribution in [2.45, 2.75) is 55.3 Å². The number of ether oxygens (including phenoxy) is 2. The largest absolute Gasteiger partial charge is 0.508 e. The highest BCUT2D eigenvalue weighted by molar-refractivity contribution is 5.78. The summed E-state index contributed by atoms with van der Waals surface area (Å²) >= 11 is 0. The van der Waals surface area contributed by atoms with Gasteiger partial charge in [-0.2, -0.15) is 0 Å². The lowest BCUT2D eigenvalue weighted by Gasteiger charge is -2.38. The normalized spacial score (nSPS) is 28.8. The van der Waals surface area contributed by atoms with Crippen LogP contribution in [0.3, 0.4) is 0 Å². The number of aliphatic hydroxyl groups excluding tert-OH is 2. The maximum Gasteiger partial charge on any atom is 0.316 e. The molecule has 0 aromatic heterocycles. The molecule has 5 rings (SSSR count). The minimum absolute atomic E-state index is 0.0622. The molecular weight excluding hydrogens is 436 g/mol. The topological polar surface area (TPSA) is 115 Å². The molecule has 34 heavy (non-hydrogen) atoms. The summed E-state index contributed by atoms with van der Waals surface area (Å²) in [5.41, 5.74) is 1.53. The van der Waals surface area contributed by atoms with Crippen molar-refractivity contribution in [3.63, 3.8) is 0 Å². The van der Waals surface area contributed by atoms with Crippen LogP contribution < -0.4 is 5.32 Å². The first kappa shape index (κ1) is 24.6. The molecule has 184 valence electrons. The number of benzene rings is 2. The molecule has 0 spiro atoms. The first-order valence-electron chi connectivity index (χ1n) is 11.8. The lowest BCUT2D eigenvalue weighted by atomic mass is 9.97. The van der Waals surface area contributed by atoms with Crippen LogP contribution in [0.15, 0.2) is 54.6 Å². The number of morpholine rings is 1. The van der Waals surface area contributed by atoms with Gasteiger partial charge in [0.15, 0.2) is 0 Å². The Morgan fingerprint density at radius 1 is 1.12 bits per heavy atom. The molecule has 3 heterocycles. The number of phenols is 1. The third-order valence-electron chi connectivity index (χ3n) is 6.98. The van der Waals surface area contributed by atoms with Crippen LogP contribution in [0.4, 0.5) is 0 Å². The molecule has 3 saturated heterocycles. The molecular formula is C26H34N2O6. The Morgan fingerprint density at radius 3 is 2.35 bits per heavy atom. The van der Waals surface area contributed by atoms with Gasteiger partial charge in [-0.05, 0) is 37.4 Å². The van der Waals surface area contributed by atoms with Crippen molar-refractivity contribution in [1.82, 2.24) is 10.2 Å². The third-order valence-corrected chi connectivity index (χ3v) is 6.98. The zero-order valence-electron chi connectivity index (χ0n) is 19.6. The number of hydrogen-bond acceptors (Lipinski definition) is 8. The molecule has 3 fully saturated rings. The molecule has 0 amide bonds. The Morgan fingerprint density at radius 2 is 1.76 bits per heavy atom. The predicted octanol–water partition coefficient (Wildman–Crippen LogP) is 1.56. The van der Waals surface area contributed by atoms with Crippen molar-refractivity contribution in [1.29, 1.82) is 0 Å². The van der Waals surface area contributed by atoms with Crippen molar-refractivity contribution >= 4 is 5.97 Å². The Balaban J connectivity index is 0.000000195. The molecule has 8 heteroatoms. The van der Waals surface area contributed by atoms with Gasteiger partial charge in [0.2, 0.25) is 0 Å². The minimum Gasteiger partial charge on any atom is -0.508 e. The number of esters is 1. The highest BCUT2D eigenvalue weighted by Gasteiger charge is 2.62. The number of hydrogen-bond donors (Lipinski definition) is 4. The number of epoxide rings is 1. The van der Waals surface area contributed by atoms with Crippen molar-refractivity contribution < 1.29 is 29.6 Å². The summed E-state index contributed by atoms with van der Waals surface area (Å²) in [6, 6.07) is 16.7. The number of aromatic hydroxyl groups is 1. The quantitative estimate of drug-likeness (QED) is 0.356. The average molecular weight is 471 g/mol. The van der Waals surface area contributed by atoms with E-state index >= 15 is 0 Å². The minimum atomic E-state index is -0.593. The summed E-state index contributed by atoms with van der Waals surface area (Å²) < 4.78 is 11.4. The zero-order chi connectivity index (χ0) is 24.2. The lowest BCUT2D eigenvalue weighted by molar-refractivity contribution is -0.156. The number of aliphatic hydroxyl groups is 2. The highest BCUT2D eigenvalue weighted by atomic mass is 16.6. The molecule has 2 bridgehead atoms. The summed E-state index contributed by atoms with van der Waals surface area (Å²) in [5, 5.41) is 31.0. The summed E-state index contributed by atoms with van der Waals surface area (Å²) in [6.07, 6.45) is 1.71. The number of nitrogens with zero attached hydrogens (tertiary/aromatic N) is 1. The van der Waals surface area contributed by atoms with E-state index < -0.39 is 12.0 Å². The predicted molar refractivity (Wildman–Crippen MR) is 126 cm³/mol. The maximum atomic E-state index is 12.4. The number of phenolic OH excluding ortho intramolecular Hbond substituents is 1. The van der Waals surface area contributed by atoms with Gasteiger partial charge in [-0.15, -0.1) is 0 Å². The fourth-order valence-electron chi connectivity index (χ4n) is 5.09. The first-order valence-corrected chi connectivity index (χ1v) is 11.8. The maximum absolute atomic E-state index is 12.4. The Labute approximate surface area is 200 Å². The van der Waals surface area contributed by atoms with E-state index in [1.807, 2.05) is 30.3 Å². The average Bonchev–Trinajstić information content (AvgIpc) is 3.59.